The average molecular weight is 371 g/mol. The molecule has 0 spiro atoms. The third kappa shape index (κ3) is 3.35. The minimum Gasteiger partial charge on any atom is -0.325 e. The van der Waals surface area contributed by atoms with Crippen LogP contribution in [0.1, 0.15) is 37.1 Å². The van der Waals surface area contributed by atoms with Crippen LogP contribution in [0.25, 0.3) is 0 Å². The van der Waals surface area contributed by atoms with Crippen molar-refractivity contribution in [3.8, 4) is 0 Å². The zero-order valence-corrected chi connectivity index (χ0v) is 15.7. The van der Waals surface area contributed by atoms with Crippen LogP contribution >= 0.6 is 11.3 Å². The van der Waals surface area contributed by atoms with Gasteiger partial charge in [-0.1, -0.05) is 32.0 Å². The number of carbonyl (C=O) groups excluding carboxylic acids is 3. The van der Waals surface area contributed by atoms with E-state index >= 15 is 0 Å². The van der Waals surface area contributed by atoms with Gasteiger partial charge >= 0.3 is 6.03 Å². The van der Waals surface area contributed by atoms with Crippen LogP contribution in [-0.4, -0.2) is 29.3 Å². The molecule has 6 nitrogen and oxygen atoms in total. The van der Waals surface area contributed by atoms with Gasteiger partial charge in [0.2, 0.25) is 5.91 Å². The van der Waals surface area contributed by atoms with Gasteiger partial charge < -0.3 is 10.6 Å². The summed E-state index contributed by atoms with van der Waals surface area (Å²) >= 11 is 1.39. The maximum atomic E-state index is 12.7. The quantitative estimate of drug-likeness (QED) is 0.792. The summed E-state index contributed by atoms with van der Waals surface area (Å²) in [5, 5.41) is 7.30. The number of hydrogen-bond donors (Lipinski definition) is 2. The Balaban J connectivity index is 1.71. The van der Waals surface area contributed by atoms with Crippen molar-refractivity contribution in [1.82, 2.24) is 10.2 Å². The lowest BCUT2D eigenvalue weighted by molar-refractivity contribution is -0.133. The Kier molecular flexibility index (Phi) is 4.82. The molecule has 1 fully saturated rings. The van der Waals surface area contributed by atoms with Crippen LogP contribution in [0.2, 0.25) is 0 Å². The molecule has 2 aromatic rings. The largest absolute Gasteiger partial charge is 0.325 e. The first-order valence-corrected chi connectivity index (χ1v) is 9.27. The number of benzene rings is 1. The van der Waals surface area contributed by atoms with Crippen molar-refractivity contribution in [2.75, 3.05) is 11.9 Å². The van der Waals surface area contributed by atoms with E-state index < -0.39 is 23.4 Å². The Morgan fingerprint density at radius 2 is 2.04 bits per heavy atom. The number of urea groups is 1. The van der Waals surface area contributed by atoms with Gasteiger partial charge in [0.05, 0.1) is 0 Å². The van der Waals surface area contributed by atoms with Crippen LogP contribution in [-0.2, 0) is 15.1 Å². The highest BCUT2D eigenvalue weighted by atomic mass is 32.1. The summed E-state index contributed by atoms with van der Waals surface area (Å²) in [6, 6.07) is 10.6. The third-order valence-electron chi connectivity index (χ3n) is 4.43. The van der Waals surface area contributed by atoms with Crippen molar-refractivity contribution in [3.05, 3.63) is 52.2 Å². The number of nitrogens with one attached hydrogen (secondary N) is 2. The van der Waals surface area contributed by atoms with Crippen LogP contribution in [0.15, 0.2) is 41.8 Å². The van der Waals surface area contributed by atoms with Gasteiger partial charge in [-0.05, 0) is 42.0 Å². The summed E-state index contributed by atoms with van der Waals surface area (Å²) in [4.78, 5) is 39.0. The number of hydrogen-bond acceptors (Lipinski definition) is 4. The number of anilines is 1. The SMILES string of the molecule is CC(C)c1cccc(NC(=O)CN2C(=O)NC(C)(c3cccs3)C2=O)c1. The van der Waals surface area contributed by atoms with Crippen molar-refractivity contribution in [3.63, 3.8) is 0 Å². The summed E-state index contributed by atoms with van der Waals surface area (Å²) < 4.78 is 0. The van der Waals surface area contributed by atoms with E-state index in [0.717, 1.165) is 15.3 Å². The van der Waals surface area contributed by atoms with E-state index in [1.165, 1.54) is 11.3 Å². The highest BCUT2D eigenvalue weighted by Gasteiger charge is 2.50. The standard InChI is InChI=1S/C19H21N3O3S/c1-12(2)13-6-4-7-14(10-13)20-16(23)11-22-17(24)19(3,21-18(22)25)15-8-5-9-26-15/h4-10,12H,11H2,1-3H3,(H,20,23)(H,21,25). The predicted octanol–water partition coefficient (Wildman–Crippen LogP) is 3.28. The first-order chi connectivity index (χ1) is 12.3. The second-order valence-corrected chi connectivity index (χ2v) is 7.70. The fraction of sp³-hybridized carbons (Fsp3) is 0.316. The smallest absolute Gasteiger partial charge is 0.325 e. The lowest BCUT2D eigenvalue weighted by Crippen LogP contribution is -2.41. The van der Waals surface area contributed by atoms with Crippen LogP contribution in [0.4, 0.5) is 10.5 Å². The Hall–Kier alpha value is -2.67. The minimum absolute atomic E-state index is 0.322. The average Bonchev–Trinajstić information content (AvgIpc) is 3.20. The molecule has 1 aromatic carbocycles. The molecule has 0 radical (unpaired) electrons. The molecule has 4 amide bonds. The number of nitrogens with zero attached hydrogens (tertiary/aromatic N) is 1. The Morgan fingerprint density at radius 3 is 2.69 bits per heavy atom. The number of amides is 4. The van der Waals surface area contributed by atoms with E-state index in [0.29, 0.717) is 11.6 Å². The van der Waals surface area contributed by atoms with Crippen molar-refractivity contribution in [2.45, 2.75) is 32.2 Å². The third-order valence-corrected chi connectivity index (χ3v) is 5.52. The van der Waals surface area contributed by atoms with Gasteiger partial charge in [0.15, 0.2) is 5.54 Å². The molecule has 26 heavy (non-hydrogen) atoms. The zero-order chi connectivity index (χ0) is 18.9. The second kappa shape index (κ2) is 6.92. The Labute approximate surface area is 156 Å². The van der Waals surface area contributed by atoms with Gasteiger partial charge in [0.25, 0.3) is 5.91 Å². The fourth-order valence-corrected chi connectivity index (χ4v) is 3.73. The molecular formula is C19H21N3O3S. The van der Waals surface area contributed by atoms with Crippen LogP contribution in [0, 0.1) is 0 Å². The molecule has 0 bridgehead atoms. The number of rotatable bonds is 5. The molecule has 0 aliphatic carbocycles. The molecule has 2 heterocycles. The highest BCUT2D eigenvalue weighted by Crippen LogP contribution is 2.31. The van der Waals surface area contributed by atoms with E-state index in [9.17, 15) is 14.4 Å². The minimum atomic E-state index is -1.12. The molecule has 1 aromatic heterocycles. The molecular weight excluding hydrogens is 350 g/mol. The maximum absolute atomic E-state index is 12.7. The maximum Gasteiger partial charge on any atom is 0.325 e. The van der Waals surface area contributed by atoms with Crippen molar-refractivity contribution in [2.24, 2.45) is 0 Å². The Morgan fingerprint density at radius 1 is 1.27 bits per heavy atom. The molecule has 1 atom stereocenters. The van der Waals surface area contributed by atoms with E-state index in [4.69, 9.17) is 0 Å². The normalized spacial score (nSPS) is 19.8. The predicted molar refractivity (Wildman–Crippen MR) is 101 cm³/mol. The van der Waals surface area contributed by atoms with Gasteiger partial charge in [-0.15, -0.1) is 11.3 Å². The molecule has 7 heteroatoms. The van der Waals surface area contributed by atoms with Gasteiger partial charge in [-0.3, -0.25) is 14.5 Å². The summed E-state index contributed by atoms with van der Waals surface area (Å²) in [6.07, 6.45) is 0. The summed E-state index contributed by atoms with van der Waals surface area (Å²) in [6.45, 7) is 5.47. The van der Waals surface area contributed by atoms with Crippen LogP contribution < -0.4 is 10.6 Å². The topological polar surface area (TPSA) is 78.5 Å². The first kappa shape index (κ1) is 18.1. The first-order valence-electron chi connectivity index (χ1n) is 8.39. The molecule has 1 aliphatic heterocycles. The molecule has 3 rings (SSSR count). The van der Waals surface area contributed by atoms with E-state index in [1.54, 1.807) is 19.1 Å². The monoisotopic (exact) mass is 371 g/mol. The lowest BCUT2D eigenvalue weighted by atomic mass is 10.0. The highest BCUT2D eigenvalue weighted by molar-refractivity contribution is 7.10. The summed E-state index contributed by atoms with van der Waals surface area (Å²) in [5.74, 6) is -0.495. The number of imide groups is 1. The summed E-state index contributed by atoms with van der Waals surface area (Å²) in [7, 11) is 0. The molecule has 1 saturated heterocycles. The van der Waals surface area contributed by atoms with E-state index in [-0.39, 0.29) is 6.54 Å². The molecule has 2 N–H and O–H groups in total. The van der Waals surface area contributed by atoms with Gasteiger partial charge in [0.1, 0.15) is 6.54 Å². The van der Waals surface area contributed by atoms with Crippen molar-refractivity contribution >= 4 is 34.9 Å². The van der Waals surface area contributed by atoms with Gasteiger partial charge in [-0.2, -0.15) is 0 Å². The lowest BCUT2D eigenvalue weighted by Gasteiger charge is -2.20. The van der Waals surface area contributed by atoms with Gasteiger partial charge in [0, 0.05) is 10.6 Å². The van der Waals surface area contributed by atoms with Crippen molar-refractivity contribution in [1.29, 1.82) is 0 Å². The van der Waals surface area contributed by atoms with Crippen molar-refractivity contribution < 1.29 is 14.4 Å². The number of thiophene rings is 1. The summed E-state index contributed by atoms with van der Waals surface area (Å²) in [5.41, 5.74) is 0.626. The van der Waals surface area contributed by atoms with E-state index in [2.05, 4.69) is 24.5 Å². The van der Waals surface area contributed by atoms with Crippen LogP contribution in [0.3, 0.4) is 0 Å². The number of carbonyl (C=O) groups is 3. The van der Waals surface area contributed by atoms with Crippen LogP contribution in [0.5, 0.6) is 0 Å². The molecule has 1 unspecified atom stereocenters. The van der Waals surface area contributed by atoms with Gasteiger partial charge in [-0.25, -0.2) is 4.79 Å². The molecule has 1 aliphatic rings. The fourth-order valence-electron chi connectivity index (χ4n) is 2.89. The van der Waals surface area contributed by atoms with E-state index in [1.807, 2.05) is 29.6 Å². The Bertz CT molecular complexity index is 847. The molecule has 136 valence electrons. The zero-order valence-electron chi connectivity index (χ0n) is 14.9. The second-order valence-electron chi connectivity index (χ2n) is 6.75. The molecule has 0 saturated carbocycles.